The number of sulfonamides is 1. The summed E-state index contributed by atoms with van der Waals surface area (Å²) in [6.45, 7) is 4.37. The Bertz CT molecular complexity index is 1130. The highest BCUT2D eigenvalue weighted by molar-refractivity contribution is 7.92. The third-order valence-electron chi connectivity index (χ3n) is 6.98. The van der Waals surface area contributed by atoms with Gasteiger partial charge in [-0.3, -0.25) is 13.9 Å². The maximum atomic E-state index is 13.5. The molecule has 0 aromatic heterocycles. The lowest BCUT2D eigenvalue weighted by atomic mass is 9.95. The molecule has 1 saturated carbocycles. The Morgan fingerprint density at radius 1 is 1.03 bits per heavy atom. The van der Waals surface area contributed by atoms with Crippen LogP contribution in [0.25, 0.3) is 0 Å². The van der Waals surface area contributed by atoms with E-state index in [4.69, 9.17) is 0 Å². The van der Waals surface area contributed by atoms with Gasteiger partial charge in [-0.05, 0) is 55.9 Å². The summed E-state index contributed by atoms with van der Waals surface area (Å²) in [6.07, 6.45) is 7.60. The molecule has 0 bridgehead atoms. The highest BCUT2D eigenvalue weighted by Gasteiger charge is 2.30. The predicted molar refractivity (Wildman–Crippen MR) is 149 cm³/mol. The van der Waals surface area contributed by atoms with Crippen LogP contribution in [0.2, 0.25) is 0 Å². The van der Waals surface area contributed by atoms with E-state index in [0.717, 1.165) is 36.8 Å². The number of nitrogens with one attached hydrogen (secondary N) is 1. The molecule has 3 rings (SSSR count). The van der Waals surface area contributed by atoms with Crippen LogP contribution in [0.15, 0.2) is 54.6 Å². The molecule has 0 unspecified atom stereocenters. The molecule has 8 heteroatoms. The summed E-state index contributed by atoms with van der Waals surface area (Å²) in [7, 11) is -3.51. The second-order valence-electron chi connectivity index (χ2n) is 10.1. The van der Waals surface area contributed by atoms with Gasteiger partial charge in [-0.2, -0.15) is 0 Å². The van der Waals surface area contributed by atoms with Crippen molar-refractivity contribution in [2.45, 2.75) is 83.8 Å². The minimum absolute atomic E-state index is 0.101. The van der Waals surface area contributed by atoms with Crippen LogP contribution in [0.4, 0.5) is 5.69 Å². The van der Waals surface area contributed by atoms with Crippen molar-refractivity contribution in [3.8, 4) is 0 Å². The summed E-state index contributed by atoms with van der Waals surface area (Å²) in [5.41, 5.74) is 2.51. The second-order valence-corrected chi connectivity index (χ2v) is 12.0. The number of amides is 2. The Morgan fingerprint density at radius 2 is 1.73 bits per heavy atom. The zero-order chi connectivity index (χ0) is 26.8. The maximum absolute atomic E-state index is 13.5. The van der Waals surface area contributed by atoms with Gasteiger partial charge >= 0.3 is 0 Å². The van der Waals surface area contributed by atoms with Crippen LogP contribution in [0.1, 0.15) is 69.4 Å². The fourth-order valence-electron chi connectivity index (χ4n) is 5.03. The number of hydrogen-bond acceptors (Lipinski definition) is 4. The van der Waals surface area contributed by atoms with Crippen molar-refractivity contribution in [3.63, 3.8) is 0 Å². The molecule has 1 N–H and O–H groups in total. The summed E-state index contributed by atoms with van der Waals surface area (Å²) in [5, 5.41) is 3.19. The molecule has 1 fully saturated rings. The number of anilines is 1. The number of benzene rings is 2. The maximum Gasteiger partial charge on any atom is 0.243 e. The van der Waals surface area contributed by atoms with Gasteiger partial charge in [0, 0.05) is 25.6 Å². The number of nitrogens with zero attached hydrogens (tertiary/aromatic N) is 2. The van der Waals surface area contributed by atoms with Gasteiger partial charge in [-0.25, -0.2) is 8.42 Å². The Labute approximate surface area is 222 Å². The molecule has 0 saturated heterocycles. The SMILES string of the molecule is CC[C@H](C(=O)NC1CCCCC1)N(Cc1ccccc1)C(=O)CCCN(c1cccc(C)c1)S(C)(=O)=O. The van der Waals surface area contributed by atoms with E-state index < -0.39 is 16.1 Å². The molecule has 0 spiro atoms. The van der Waals surface area contributed by atoms with E-state index >= 15 is 0 Å². The van der Waals surface area contributed by atoms with E-state index in [-0.39, 0.29) is 30.8 Å². The van der Waals surface area contributed by atoms with Crippen LogP contribution < -0.4 is 9.62 Å². The summed E-state index contributed by atoms with van der Waals surface area (Å²) < 4.78 is 26.4. The molecular weight excluding hydrogens is 486 g/mol. The van der Waals surface area contributed by atoms with Crippen molar-refractivity contribution in [2.24, 2.45) is 0 Å². The van der Waals surface area contributed by atoms with Crippen molar-refractivity contribution in [2.75, 3.05) is 17.1 Å². The summed E-state index contributed by atoms with van der Waals surface area (Å²) >= 11 is 0. The molecule has 7 nitrogen and oxygen atoms in total. The molecule has 0 aliphatic heterocycles. The van der Waals surface area contributed by atoms with Gasteiger partial charge in [0.15, 0.2) is 0 Å². The largest absolute Gasteiger partial charge is 0.352 e. The first-order valence-electron chi connectivity index (χ1n) is 13.4. The van der Waals surface area contributed by atoms with Gasteiger partial charge in [0.2, 0.25) is 21.8 Å². The third-order valence-corrected chi connectivity index (χ3v) is 8.17. The van der Waals surface area contributed by atoms with Crippen molar-refractivity contribution in [1.82, 2.24) is 10.2 Å². The van der Waals surface area contributed by atoms with E-state index in [9.17, 15) is 18.0 Å². The molecule has 0 radical (unpaired) electrons. The highest BCUT2D eigenvalue weighted by atomic mass is 32.2. The summed E-state index contributed by atoms with van der Waals surface area (Å²) in [5.74, 6) is -0.247. The first-order valence-corrected chi connectivity index (χ1v) is 15.2. The third kappa shape index (κ3) is 8.59. The molecule has 1 aliphatic carbocycles. The smallest absolute Gasteiger partial charge is 0.243 e. The molecule has 2 aromatic carbocycles. The Balaban J connectivity index is 1.73. The normalized spacial score (nSPS) is 15.1. The highest BCUT2D eigenvalue weighted by Crippen LogP contribution is 2.22. The average Bonchev–Trinajstić information content (AvgIpc) is 2.87. The molecule has 37 heavy (non-hydrogen) atoms. The van der Waals surface area contributed by atoms with Crippen LogP contribution in [0.3, 0.4) is 0 Å². The topological polar surface area (TPSA) is 86.8 Å². The molecule has 0 heterocycles. The van der Waals surface area contributed by atoms with Crippen LogP contribution >= 0.6 is 0 Å². The van der Waals surface area contributed by atoms with Gasteiger partial charge in [0.25, 0.3) is 0 Å². The fraction of sp³-hybridized carbons (Fsp3) is 0.517. The Hall–Kier alpha value is -2.87. The lowest BCUT2D eigenvalue weighted by Crippen LogP contribution is -2.51. The lowest BCUT2D eigenvalue weighted by molar-refractivity contribution is -0.141. The minimum atomic E-state index is -3.51. The van der Waals surface area contributed by atoms with Crippen molar-refractivity contribution < 1.29 is 18.0 Å². The van der Waals surface area contributed by atoms with Crippen LogP contribution in [-0.4, -0.2) is 50.0 Å². The number of aryl methyl sites for hydroxylation is 1. The molecule has 1 atom stereocenters. The number of carbonyl (C=O) groups is 2. The second kappa shape index (κ2) is 13.6. The van der Waals surface area contributed by atoms with E-state index in [1.54, 1.807) is 11.0 Å². The Morgan fingerprint density at radius 3 is 2.35 bits per heavy atom. The quantitative estimate of drug-likeness (QED) is 0.430. The van der Waals surface area contributed by atoms with Crippen LogP contribution in [0, 0.1) is 6.92 Å². The zero-order valence-corrected chi connectivity index (χ0v) is 23.2. The first-order chi connectivity index (χ1) is 17.7. The van der Waals surface area contributed by atoms with Gasteiger partial charge in [0.05, 0.1) is 11.9 Å². The van der Waals surface area contributed by atoms with E-state index in [0.29, 0.717) is 25.1 Å². The number of hydrogen-bond donors (Lipinski definition) is 1. The van der Waals surface area contributed by atoms with Gasteiger partial charge in [-0.1, -0.05) is 68.7 Å². The average molecular weight is 528 g/mol. The van der Waals surface area contributed by atoms with Crippen molar-refractivity contribution in [1.29, 1.82) is 0 Å². The van der Waals surface area contributed by atoms with E-state index in [2.05, 4.69) is 5.32 Å². The monoisotopic (exact) mass is 527 g/mol. The van der Waals surface area contributed by atoms with Crippen molar-refractivity contribution >= 4 is 27.5 Å². The first kappa shape index (κ1) is 28.7. The standard InChI is InChI=1S/C29H41N3O4S/c1-4-27(29(34)30-25-16-9-6-10-17-25)31(22-24-14-7-5-8-15-24)28(33)19-12-20-32(37(3,35)36)26-18-11-13-23(2)21-26/h5,7-8,11,13-15,18,21,25,27H,4,6,9-10,12,16-17,19-20,22H2,1-3H3,(H,30,34)/t27-/m1/s1. The van der Waals surface area contributed by atoms with Crippen LogP contribution in [0.5, 0.6) is 0 Å². The molecular formula is C29H41N3O4S. The number of rotatable bonds is 12. The number of carbonyl (C=O) groups excluding carboxylic acids is 2. The zero-order valence-electron chi connectivity index (χ0n) is 22.4. The fourth-order valence-corrected chi connectivity index (χ4v) is 5.99. The van der Waals surface area contributed by atoms with E-state index in [1.165, 1.54) is 17.0 Å². The van der Waals surface area contributed by atoms with Crippen LogP contribution in [-0.2, 0) is 26.2 Å². The predicted octanol–water partition coefficient (Wildman–Crippen LogP) is 4.80. The van der Waals surface area contributed by atoms with Crippen molar-refractivity contribution in [3.05, 3.63) is 65.7 Å². The van der Waals surface area contributed by atoms with Gasteiger partial charge < -0.3 is 10.2 Å². The summed E-state index contributed by atoms with van der Waals surface area (Å²) in [4.78, 5) is 28.5. The minimum Gasteiger partial charge on any atom is -0.352 e. The molecule has 1 aliphatic rings. The summed E-state index contributed by atoms with van der Waals surface area (Å²) in [6, 6.07) is 16.6. The van der Waals surface area contributed by atoms with E-state index in [1.807, 2.05) is 62.4 Å². The molecule has 202 valence electrons. The molecule has 2 aromatic rings. The Kier molecular flexibility index (Phi) is 10.6. The molecule has 2 amide bonds. The van der Waals surface area contributed by atoms with Gasteiger partial charge in [0.1, 0.15) is 6.04 Å². The van der Waals surface area contributed by atoms with Gasteiger partial charge in [-0.15, -0.1) is 0 Å². The lowest BCUT2D eigenvalue weighted by Gasteiger charge is -2.33.